The van der Waals surface area contributed by atoms with E-state index in [0.29, 0.717) is 10.8 Å². The first kappa shape index (κ1) is 11.0. The number of nitrogens with zero attached hydrogens (tertiary/aromatic N) is 2. The molecule has 1 heterocycles. The van der Waals surface area contributed by atoms with Crippen LogP contribution < -0.4 is 11.3 Å². The predicted molar refractivity (Wildman–Crippen MR) is 59.6 cm³/mol. The summed E-state index contributed by atoms with van der Waals surface area (Å²) in [7, 11) is 0. The van der Waals surface area contributed by atoms with Crippen LogP contribution in [0, 0.1) is 0 Å². The fourth-order valence-electron chi connectivity index (χ4n) is 1.15. The fraction of sp³-hybridized carbons (Fsp3) is 0. The van der Waals surface area contributed by atoms with Gasteiger partial charge in [-0.25, -0.2) is 15.8 Å². The maximum Gasteiger partial charge on any atom is 0.151 e. The maximum absolute atomic E-state index is 5.80. The van der Waals surface area contributed by atoms with Crippen LogP contribution in [-0.4, -0.2) is 9.97 Å². The van der Waals surface area contributed by atoms with Gasteiger partial charge in [-0.3, -0.25) is 0 Å². The highest BCUT2D eigenvalue weighted by Gasteiger charge is 2.01. The summed E-state index contributed by atoms with van der Waals surface area (Å²) in [6.07, 6.45) is 1.44. The molecule has 0 spiro atoms. The van der Waals surface area contributed by atoms with E-state index in [-0.39, 0.29) is 12.4 Å². The number of nitrogen functional groups attached to an aromatic ring is 1. The Bertz CT molecular complexity index is 446. The molecular formula is C8H8Cl2N4. The highest BCUT2D eigenvalue weighted by Crippen LogP contribution is 2.21. The summed E-state index contributed by atoms with van der Waals surface area (Å²) in [6, 6.07) is 5.36. The van der Waals surface area contributed by atoms with Gasteiger partial charge in [0, 0.05) is 10.4 Å². The number of hydrogen-bond acceptors (Lipinski definition) is 4. The molecule has 6 heteroatoms. The Kier molecular flexibility index (Phi) is 3.46. The topological polar surface area (TPSA) is 63.8 Å². The smallest absolute Gasteiger partial charge is 0.151 e. The van der Waals surface area contributed by atoms with Gasteiger partial charge in [0.2, 0.25) is 0 Å². The SMILES string of the molecule is Cl.NNc1ncnc2cc(Cl)ccc12. The lowest BCUT2D eigenvalue weighted by atomic mass is 10.2. The van der Waals surface area contributed by atoms with Crippen LogP contribution >= 0.6 is 24.0 Å². The number of halogens is 2. The molecule has 0 radical (unpaired) electrons. The lowest BCUT2D eigenvalue weighted by molar-refractivity contribution is 1.18. The second-order valence-corrected chi connectivity index (χ2v) is 2.96. The monoisotopic (exact) mass is 230 g/mol. The van der Waals surface area contributed by atoms with E-state index in [4.69, 9.17) is 17.4 Å². The van der Waals surface area contributed by atoms with E-state index >= 15 is 0 Å². The van der Waals surface area contributed by atoms with Crippen molar-refractivity contribution in [3.8, 4) is 0 Å². The molecule has 0 unspecified atom stereocenters. The summed E-state index contributed by atoms with van der Waals surface area (Å²) < 4.78 is 0. The lowest BCUT2D eigenvalue weighted by Gasteiger charge is -2.02. The quantitative estimate of drug-likeness (QED) is 0.581. The van der Waals surface area contributed by atoms with Gasteiger partial charge < -0.3 is 5.43 Å². The normalized spacial score (nSPS) is 9.57. The van der Waals surface area contributed by atoms with Gasteiger partial charge in [-0.1, -0.05) is 11.6 Å². The summed E-state index contributed by atoms with van der Waals surface area (Å²) >= 11 is 5.80. The molecule has 0 aliphatic rings. The van der Waals surface area contributed by atoms with Crippen LogP contribution in [0.5, 0.6) is 0 Å². The van der Waals surface area contributed by atoms with E-state index < -0.39 is 0 Å². The van der Waals surface area contributed by atoms with Gasteiger partial charge in [-0.15, -0.1) is 12.4 Å². The van der Waals surface area contributed by atoms with Gasteiger partial charge >= 0.3 is 0 Å². The van der Waals surface area contributed by atoms with E-state index in [1.807, 2.05) is 6.07 Å². The third kappa shape index (κ3) is 1.87. The molecule has 1 aromatic heterocycles. The standard InChI is InChI=1S/C8H7ClN4.ClH/c9-5-1-2-6-7(3-5)11-4-12-8(6)13-10;/h1-4H,10H2,(H,11,12,13);1H. The molecule has 0 saturated heterocycles. The lowest BCUT2D eigenvalue weighted by Crippen LogP contribution is -2.09. The molecule has 2 aromatic rings. The number of hydrogen-bond donors (Lipinski definition) is 2. The Morgan fingerprint density at radius 2 is 2.07 bits per heavy atom. The average Bonchev–Trinajstić information content (AvgIpc) is 2.16. The second kappa shape index (κ2) is 4.41. The third-order valence-electron chi connectivity index (χ3n) is 1.74. The highest BCUT2D eigenvalue weighted by molar-refractivity contribution is 6.31. The number of aromatic nitrogens is 2. The zero-order valence-corrected chi connectivity index (χ0v) is 8.64. The Labute approximate surface area is 91.9 Å². The van der Waals surface area contributed by atoms with E-state index in [9.17, 15) is 0 Å². The molecule has 0 amide bonds. The molecule has 0 fully saturated rings. The summed E-state index contributed by atoms with van der Waals surface area (Å²) in [4.78, 5) is 8.02. The molecule has 1 aromatic carbocycles. The van der Waals surface area contributed by atoms with E-state index in [1.54, 1.807) is 12.1 Å². The molecular weight excluding hydrogens is 223 g/mol. The third-order valence-corrected chi connectivity index (χ3v) is 1.97. The molecule has 0 aliphatic carbocycles. The van der Waals surface area contributed by atoms with Crippen molar-refractivity contribution in [2.75, 3.05) is 5.43 Å². The van der Waals surface area contributed by atoms with E-state index in [0.717, 1.165) is 10.9 Å². The molecule has 0 saturated carbocycles. The zero-order valence-electron chi connectivity index (χ0n) is 7.07. The van der Waals surface area contributed by atoms with Crippen molar-refractivity contribution in [1.29, 1.82) is 0 Å². The predicted octanol–water partition coefficient (Wildman–Crippen LogP) is 1.99. The first-order chi connectivity index (χ1) is 6.31. The number of nitrogens with two attached hydrogens (primary N) is 1. The van der Waals surface area contributed by atoms with Crippen molar-refractivity contribution in [2.24, 2.45) is 5.84 Å². The van der Waals surface area contributed by atoms with E-state index in [2.05, 4.69) is 15.4 Å². The van der Waals surface area contributed by atoms with Gasteiger partial charge in [0.15, 0.2) is 5.82 Å². The minimum atomic E-state index is 0. The van der Waals surface area contributed by atoms with Crippen LogP contribution in [0.2, 0.25) is 5.02 Å². The first-order valence-corrected chi connectivity index (χ1v) is 4.06. The number of rotatable bonds is 1. The molecule has 0 bridgehead atoms. The summed E-state index contributed by atoms with van der Waals surface area (Å²) in [6.45, 7) is 0. The average molecular weight is 231 g/mol. The number of nitrogens with one attached hydrogen (secondary N) is 1. The van der Waals surface area contributed by atoms with Gasteiger partial charge in [0.05, 0.1) is 5.52 Å². The van der Waals surface area contributed by atoms with Crippen molar-refractivity contribution in [3.63, 3.8) is 0 Å². The van der Waals surface area contributed by atoms with Crippen LogP contribution in [0.15, 0.2) is 24.5 Å². The molecule has 0 aliphatic heterocycles. The van der Waals surface area contributed by atoms with Crippen molar-refractivity contribution in [3.05, 3.63) is 29.5 Å². The van der Waals surface area contributed by atoms with Crippen LogP contribution in [0.1, 0.15) is 0 Å². The minimum Gasteiger partial charge on any atom is -0.308 e. The van der Waals surface area contributed by atoms with Gasteiger partial charge in [-0.05, 0) is 18.2 Å². The highest BCUT2D eigenvalue weighted by atomic mass is 35.5. The molecule has 14 heavy (non-hydrogen) atoms. The number of anilines is 1. The molecule has 3 N–H and O–H groups in total. The van der Waals surface area contributed by atoms with Crippen LogP contribution in [0.4, 0.5) is 5.82 Å². The summed E-state index contributed by atoms with van der Waals surface area (Å²) in [5, 5.41) is 1.50. The number of fused-ring (bicyclic) bond motifs is 1. The second-order valence-electron chi connectivity index (χ2n) is 2.53. The molecule has 4 nitrogen and oxygen atoms in total. The minimum absolute atomic E-state index is 0. The van der Waals surface area contributed by atoms with E-state index in [1.165, 1.54) is 6.33 Å². The fourth-order valence-corrected chi connectivity index (χ4v) is 1.31. The maximum atomic E-state index is 5.80. The van der Waals surface area contributed by atoms with Crippen LogP contribution in [0.3, 0.4) is 0 Å². The Hall–Kier alpha value is -1.10. The zero-order chi connectivity index (χ0) is 9.26. The largest absolute Gasteiger partial charge is 0.308 e. The van der Waals surface area contributed by atoms with Crippen molar-refractivity contribution >= 4 is 40.7 Å². The van der Waals surface area contributed by atoms with Gasteiger partial charge in [-0.2, -0.15) is 0 Å². The van der Waals surface area contributed by atoms with Gasteiger partial charge in [0.1, 0.15) is 6.33 Å². The molecule has 74 valence electrons. The van der Waals surface area contributed by atoms with Crippen molar-refractivity contribution < 1.29 is 0 Å². The molecule has 0 atom stereocenters. The van der Waals surface area contributed by atoms with Crippen LogP contribution in [-0.2, 0) is 0 Å². The Morgan fingerprint density at radius 1 is 1.29 bits per heavy atom. The summed E-state index contributed by atoms with van der Waals surface area (Å²) in [5.74, 6) is 5.88. The number of benzene rings is 1. The Balaban J connectivity index is 0.000000980. The Morgan fingerprint density at radius 3 is 2.79 bits per heavy atom. The van der Waals surface area contributed by atoms with Crippen LogP contribution in [0.25, 0.3) is 10.9 Å². The summed E-state index contributed by atoms with van der Waals surface area (Å²) in [5.41, 5.74) is 3.27. The first-order valence-electron chi connectivity index (χ1n) is 3.68. The molecule has 2 rings (SSSR count). The van der Waals surface area contributed by atoms with Gasteiger partial charge in [0.25, 0.3) is 0 Å². The van der Waals surface area contributed by atoms with Crippen molar-refractivity contribution in [2.45, 2.75) is 0 Å². The number of hydrazine groups is 1. The van der Waals surface area contributed by atoms with Crippen molar-refractivity contribution in [1.82, 2.24) is 9.97 Å².